The highest BCUT2D eigenvalue weighted by Gasteiger charge is 2.41. The minimum absolute atomic E-state index is 0.241. The van der Waals surface area contributed by atoms with Crippen LogP contribution < -0.4 is 20.1 Å². The van der Waals surface area contributed by atoms with E-state index in [0.29, 0.717) is 28.5 Å². The summed E-state index contributed by atoms with van der Waals surface area (Å²) in [5.74, 6) is 0.162. The molecule has 3 N–H and O–H groups in total. The first-order valence-corrected chi connectivity index (χ1v) is 9.47. The average molecular weight is 361 g/mol. The third-order valence-corrected chi connectivity index (χ3v) is 4.32. The van der Waals surface area contributed by atoms with Crippen LogP contribution in [0.4, 0.5) is 22.7 Å². The highest BCUT2D eigenvalue weighted by molar-refractivity contribution is 7.92. The zero-order valence-corrected chi connectivity index (χ0v) is 14.9. The second kappa shape index (κ2) is 5.66. The highest BCUT2D eigenvalue weighted by Crippen LogP contribution is 2.43. The van der Waals surface area contributed by atoms with Crippen LogP contribution in [-0.2, 0) is 14.8 Å². The van der Waals surface area contributed by atoms with Gasteiger partial charge in [0.2, 0.25) is 10.0 Å². The van der Waals surface area contributed by atoms with E-state index >= 15 is 0 Å². The Labute approximate surface area is 146 Å². The van der Waals surface area contributed by atoms with Crippen molar-refractivity contribution in [1.82, 2.24) is 0 Å². The van der Waals surface area contributed by atoms with Crippen LogP contribution in [0.5, 0.6) is 5.75 Å². The fraction of sp³-hybridized carbons (Fsp3) is 0.235. The largest absolute Gasteiger partial charge is 0.476 e. The number of fused-ring (bicyclic) bond motifs is 1. The van der Waals surface area contributed by atoms with Gasteiger partial charge in [-0.3, -0.25) is 14.4 Å². The molecular formula is C17H19N3O4S. The van der Waals surface area contributed by atoms with Crippen LogP contribution in [-0.4, -0.2) is 26.2 Å². The smallest absolute Gasteiger partial charge is 0.275 e. The molecule has 0 saturated heterocycles. The number of nitrogen functional groups attached to an aromatic ring is 1. The standard InChI is InChI=1S/C17H19N3O4S/c1-17(2)16(21)20(13-6-4-5-11(18)9-13)14-8-7-12(10-15(14)24-17)19-25(3,22)23/h4-10,19H,18H2,1-3H3. The van der Waals surface area contributed by atoms with E-state index in [1.807, 2.05) is 0 Å². The number of carbonyl (C=O) groups excluding carboxylic acids is 1. The molecule has 0 spiro atoms. The lowest BCUT2D eigenvalue weighted by molar-refractivity contribution is -0.131. The molecule has 8 heteroatoms. The second-order valence-electron chi connectivity index (χ2n) is 6.40. The molecule has 0 bridgehead atoms. The van der Waals surface area contributed by atoms with Gasteiger partial charge in [0.1, 0.15) is 5.75 Å². The first kappa shape index (κ1) is 17.1. The van der Waals surface area contributed by atoms with Gasteiger partial charge >= 0.3 is 0 Å². The number of nitrogens with one attached hydrogen (secondary N) is 1. The number of benzene rings is 2. The highest BCUT2D eigenvalue weighted by atomic mass is 32.2. The molecule has 0 fully saturated rings. The van der Waals surface area contributed by atoms with Crippen LogP contribution in [0.15, 0.2) is 42.5 Å². The molecule has 132 valence electrons. The van der Waals surface area contributed by atoms with Gasteiger partial charge < -0.3 is 10.5 Å². The van der Waals surface area contributed by atoms with Gasteiger partial charge in [0.05, 0.1) is 23.3 Å². The van der Waals surface area contributed by atoms with Crippen molar-refractivity contribution < 1.29 is 17.9 Å². The van der Waals surface area contributed by atoms with Crippen LogP contribution in [0, 0.1) is 0 Å². The monoisotopic (exact) mass is 361 g/mol. The van der Waals surface area contributed by atoms with E-state index in [4.69, 9.17) is 10.5 Å². The summed E-state index contributed by atoms with van der Waals surface area (Å²) in [6.07, 6.45) is 1.07. The lowest BCUT2D eigenvalue weighted by Crippen LogP contribution is -2.50. The van der Waals surface area contributed by atoms with Crippen molar-refractivity contribution in [3.63, 3.8) is 0 Å². The van der Waals surface area contributed by atoms with Crippen LogP contribution in [0.3, 0.4) is 0 Å². The number of amides is 1. The third kappa shape index (κ3) is 3.39. The maximum atomic E-state index is 12.9. The van der Waals surface area contributed by atoms with Crippen LogP contribution in [0.2, 0.25) is 0 Å². The Bertz CT molecular complexity index is 954. The molecular weight excluding hydrogens is 342 g/mol. The molecule has 0 aliphatic carbocycles. The number of anilines is 4. The van der Waals surface area contributed by atoms with E-state index in [9.17, 15) is 13.2 Å². The van der Waals surface area contributed by atoms with Gasteiger partial charge in [-0.15, -0.1) is 0 Å². The van der Waals surface area contributed by atoms with Crippen molar-refractivity contribution in [3.05, 3.63) is 42.5 Å². The molecule has 1 aliphatic heterocycles. The van der Waals surface area contributed by atoms with Crippen molar-refractivity contribution >= 4 is 38.7 Å². The van der Waals surface area contributed by atoms with Gasteiger partial charge in [0.15, 0.2) is 5.60 Å². The Morgan fingerprint density at radius 2 is 1.88 bits per heavy atom. The minimum Gasteiger partial charge on any atom is -0.476 e. The number of rotatable bonds is 3. The summed E-state index contributed by atoms with van der Waals surface area (Å²) in [7, 11) is -3.42. The molecule has 25 heavy (non-hydrogen) atoms. The van der Waals surface area contributed by atoms with Gasteiger partial charge in [-0.1, -0.05) is 6.07 Å². The number of nitrogens with zero attached hydrogens (tertiary/aromatic N) is 1. The Morgan fingerprint density at radius 1 is 1.16 bits per heavy atom. The molecule has 0 saturated carbocycles. The summed E-state index contributed by atoms with van der Waals surface area (Å²) in [6.45, 7) is 3.32. The summed E-state index contributed by atoms with van der Waals surface area (Å²) in [5, 5.41) is 0. The first-order valence-electron chi connectivity index (χ1n) is 7.58. The molecule has 1 amide bonds. The molecule has 1 aliphatic rings. The van der Waals surface area contributed by atoms with Gasteiger partial charge in [0, 0.05) is 11.8 Å². The maximum absolute atomic E-state index is 12.9. The van der Waals surface area contributed by atoms with Crippen molar-refractivity contribution in [2.45, 2.75) is 19.4 Å². The Morgan fingerprint density at radius 3 is 2.52 bits per heavy atom. The fourth-order valence-electron chi connectivity index (χ4n) is 2.68. The van der Waals surface area contributed by atoms with Crippen molar-refractivity contribution in [3.8, 4) is 5.75 Å². The molecule has 2 aromatic rings. The van der Waals surface area contributed by atoms with Gasteiger partial charge in [0.25, 0.3) is 5.91 Å². The van der Waals surface area contributed by atoms with Crippen LogP contribution >= 0.6 is 0 Å². The zero-order valence-electron chi connectivity index (χ0n) is 14.1. The number of nitrogens with two attached hydrogens (primary N) is 1. The number of sulfonamides is 1. The van der Waals surface area contributed by atoms with Gasteiger partial charge in [-0.2, -0.15) is 0 Å². The number of hydrogen-bond acceptors (Lipinski definition) is 5. The maximum Gasteiger partial charge on any atom is 0.275 e. The normalized spacial score (nSPS) is 16.1. The molecule has 2 aromatic carbocycles. The SMILES string of the molecule is CC1(C)Oc2cc(NS(C)(=O)=O)ccc2N(c2cccc(N)c2)C1=O. The predicted octanol–water partition coefficient (Wildman–Crippen LogP) is 2.48. The number of hydrogen-bond donors (Lipinski definition) is 2. The van der Waals surface area contributed by atoms with E-state index in [0.717, 1.165) is 6.26 Å². The van der Waals surface area contributed by atoms with Crippen LogP contribution in [0.1, 0.15) is 13.8 Å². The Hall–Kier alpha value is -2.74. The second-order valence-corrected chi connectivity index (χ2v) is 8.15. The zero-order chi connectivity index (χ0) is 18.4. The average Bonchev–Trinajstić information content (AvgIpc) is 2.46. The van der Waals surface area contributed by atoms with E-state index in [1.54, 1.807) is 56.3 Å². The molecule has 0 atom stereocenters. The van der Waals surface area contributed by atoms with Crippen molar-refractivity contribution in [2.24, 2.45) is 0 Å². The van der Waals surface area contributed by atoms with E-state index in [-0.39, 0.29) is 5.91 Å². The summed E-state index contributed by atoms with van der Waals surface area (Å²) in [5.41, 5.74) is 6.77. The Balaban J connectivity index is 2.13. The van der Waals surface area contributed by atoms with Crippen molar-refractivity contribution in [2.75, 3.05) is 21.6 Å². The molecule has 3 rings (SSSR count). The van der Waals surface area contributed by atoms with E-state index < -0.39 is 15.6 Å². The lowest BCUT2D eigenvalue weighted by atomic mass is 10.0. The molecule has 0 aromatic heterocycles. The topological polar surface area (TPSA) is 102 Å². The molecule has 7 nitrogen and oxygen atoms in total. The van der Waals surface area contributed by atoms with Crippen molar-refractivity contribution in [1.29, 1.82) is 0 Å². The number of ether oxygens (including phenoxy) is 1. The summed E-state index contributed by atoms with van der Waals surface area (Å²) in [4.78, 5) is 14.4. The minimum atomic E-state index is -3.42. The summed E-state index contributed by atoms with van der Waals surface area (Å²) in [6, 6.07) is 11.8. The van der Waals surface area contributed by atoms with E-state index in [1.165, 1.54) is 4.90 Å². The third-order valence-electron chi connectivity index (χ3n) is 3.72. The van der Waals surface area contributed by atoms with Gasteiger partial charge in [-0.25, -0.2) is 8.42 Å². The number of carbonyl (C=O) groups is 1. The lowest BCUT2D eigenvalue weighted by Gasteiger charge is -2.39. The van der Waals surface area contributed by atoms with Crippen LogP contribution in [0.25, 0.3) is 0 Å². The quantitative estimate of drug-likeness (QED) is 0.818. The molecule has 1 heterocycles. The van der Waals surface area contributed by atoms with Gasteiger partial charge in [-0.05, 0) is 44.2 Å². The Kier molecular flexibility index (Phi) is 3.87. The van der Waals surface area contributed by atoms with E-state index in [2.05, 4.69) is 4.72 Å². The molecule has 0 radical (unpaired) electrons. The summed E-state index contributed by atoms with van der Waals surface area (Å²) < 4.78 is 31.1. The predicted molar refractivity (Wildman–Crippen MR) is 97.6 cm³/mol. The first-order chi connectivity index (χ1) is 11.6. The fourth-order valence-corrected chi connectivity index (χ4v) is 3.23. The molecule has 0 unspecified atom stereocenters. The summed E-state index contributed by atoms with van der Waals surface area (Å²) >= 11 is 0.